The lowest BCUT2D eigenvalue weighted by Crippen LogP contribution is -2.36. The third-order valence-electron chi connectivity index (χ3n) is 4.70. The molecule has 2 aliphatic heterocycles. The normalized spacial score (nSPS) is 20.0. The standard InChI is InChI=1S/C18H26N2O4/c1-13(21)19-6-5-14-4-3-7-20(10-14)11-15-8-17-18(24-12-23-17)9-16(15)22-2/h8-9,14H,3-7,10-12H2,1-2H3,(H,19,21). The van der Waals surface area contributed by atoms with E-state index in [0.717, 1.165) is 55.4 Å². The summed E-state index contributed by atoms with van der Waals surface area (Å²) in [5, 5.41) is 2.90. The van der Waals surface area contributed by atoms with Gasteiger partial charge in [0.15, 0.2) is 11.5 Å². The summed E-state index contributed by atoms with van der Waals surface area (Å²) in [4.78, 5) is 13.5. The van der Waals surface area contributed by atoms with Crippen molar-refractivity contribution in [3.05, 3.63) is 17.7 Å². The Morgan fingerprint density at radius 1 is 1.38 bits per heavy atom. The van der Waals surface area contributed by atoms with Gasteiger partial charge in [0.2, 0.25) is 12.7 Å². The quantitative estimate of drug-likeness (QED) is 0.864. The Bertz CT molecular complexity index is 591. The van der Waals surface area contributed by atoms with Gasteiger partial charge < -0.3 is 19.5 Å². The molecule has 0 spiro atoms. The van der Waals surface area contributed by atoms with Crippen LogP contribution in [0, 0.1) is 5.92 Å². The Morgan fingerprint density at radius 2 is 2.17 bits per heavy atom. The van der Waals surface area contributed by atoms with E-state index in [9.17, 15) is 4.79 Å². The number of benzene rings is 1. The Balaban J connectivity index is 1.60. The van der Waals surface area contributed by atoms with E-state index >= 15 is 0 Å². The third kappa shape index (κ3) is 4.12. The van der Waals surface area contributed by atoms with Crippen molar-refractivity contribution in [2.75, 3.05) is 33.5 Å². The van der Waals surface area contributed by atoms with E-state index in [4.69, 9.17) is 14.2 Å². The minimum absolute atomic E-state index is 0.0489. The molecule has 1 amide bonds. The maximum absolute atomic E-state index is 11.0. The van der Waals surface area contributed by atoms with Crippen molar-refractivity contribution in [2.45, 2.75) is 32.7 Å². The number of likely N-dealkylation sites (tertiary alicyclic amines) is 1. The summed E-state index contributed by atoms with van der Waals surface area (Å²) in [5.41, 5.74) is 1.13. The van der Waals surface area contributed by atoms with Gasteiger partial charge in [0.05, 0.1) is 7.11 Å². The topological polar surface area (TPSA) is 60.0 Å². The predicted molar refractivity (Wildman–Crippen MR) is 90.4 cm³/mol. The fraction of sp³-hybridized carbons (Fsp3) is 0.611. The van der Waals surface area contributed by atoms with Crippen molar-refractivity contribution in [3.63, 3.8) is 0 Å². The smallest absolute Gasteiger partial charge is 0.231 e. The molecule has 1 atom stereocenters. The van der Waals surface area contributed by atoms with Crippen LogP contribution in [-0.4, -0.2) is 44.3 Å². The first-order valence-electron chi connectivity index (χ1n) is 8.59. The number of amides is 1. The van der Waals surface area contributed by atoms with Gasteiger partial charge in [-0.2, -0.15) is 0 Å². The Kier molecular flexibility index (Phi) is 5.45. The van der Waals surface area contributed by atoms with E-state index in [1.54, 1.807) is 14.0 Å². The molecule has 6 nitrogen and oxygen atoms in total. The lowest BCUT2D eigenvalue weighted by molar-refractivity contribution is -0.119. The molecule has 2 heterocycles. The highest BCUT2D eigenvalue weighted by Crippen LogP contribution is 2.38. The van der Waals surface area contributed by atoms with Crippen LogP contribution in [0.15, 0.2) is 12.1 Å². The van der Waals surface area contributed by atoms with E-state index in [2.05, 4.69) is 10.2 Å². The molecule has 0 saturated carbocycles. The molecule has 132 valence electrons. The molecule has 0 radical (unpaired) electrons. The van der Waals surface area contributed by atoms with Gasteiger partial charge in [-0.1, -0.05) is 0 Å². The molecule has 1 aromatic carbocycles. The number of piperidine rings is 1. The molecule has 0 aromatic heterocycles. The number of hydrogen-bond acceptors (Lipinski definition) is 5. The average Bonchev–Trinajstić information content (AvgIpc) is 3.01. The Hall–Kier alpha value is -1.95. The fourth-order valence-electron chi connectivity index (χ4n) is 3.50. The van der Waals surface area contributed by atoms with Gasteiger partial charge in [-0.15, -0.1) is 0 Å². The van der Waals surface area contributed by atoms with Crippen LogP contribution in [-0.2, 0) is 11.3 Å². The zero-order chi connectivity index (χ0) is 16.9. The Labute approximate surface area is 143 Å². The van der Waals surface area contributed by atoms with Crippen LogP contribution in [0.3, 0.4) is 0 Å². The fourth-order valence-corrected chi connectivity index (χ4v) is 3.50. The van der Waals surface area contributed by atoms with Crippen LogP contribution < -0.4 is 19.5 Å². The van der Waals surface area contributed by atoms with Crippen LogP contribution >= 0.6 is 0 Å². The molecule has 0 bridgehead atoms. The van der Waals surface area contributed by atoms with Gasteiger partial charge >= 0.3 is 0 Å². The molecule has 1 saturated heterocycles. The van der Waals surface area contributed by atoms with Crippen LogP contribution in [0.4, 0.5) is 0 Å². The lowest BCUT2D eigenvalue weighted by Gasteiger charge is -2.33. The van der Waals surface area contributed by atoms with E-state index < -0.39 is 0 Å². The van der Waals surface area contributed by atoms with Crippen molar-refractivity contribution in [2.24, 2.45) is 5.92 Å². The van der Waals surface area contributed by atoms with E-state index in [1.807, 2.05) is 12.1 Å². The lowest BCUT2D eigenvalue weighted by atomic mass is 9.94. The van der Waals surface area contributed by atoms with Gasteiger partial charge in [-0.05, 0) is 37.8 Å². The summed E-state index contributed by atoms with van der Waals surface area (Å²) in [7, 11) is 1.69. The number of carbonyl (C=O) groups is 1. The molecule has 3 rings (SSSR count). The predicted octanol–water partition coefficient (Wildman–Crippen LogP) is 2.16. The number of nitrogens with one attached hydrogen (secondary N) is 1. The third-order valence-corrected chi connectivity index (χ3v) is 4.70. The second-order valence-electron chi connectivity index (χ2n) is 6.53. The minimum Gasteiger partial charge on any atom is -0.496 e. The summed E-state index contributed by atoms with van der Waals surface area (Å²) < 4.78 is 16.4. The monoisotopic (exact) mass is 334 g/mol. The molecule has 1 aromatic rings. The number of rotatable bonds is 6. The Morgan fingerprint density at radius 3 is 2.92 bits per heavy atom. The van der Waals surface area contributed by atoms with Gasteiger partial charge in [0.25, 0.3) is 0 Å². The molecule has 24 heavy (non-hydrogen) atoms. The number of fused-ring (bicyclic) bond motifs is 1. The number of carbonyl (C=O) groups excluding carboxylic acids is 1. The first-order valence-corrected chi connectivity index (χ1v) is 8.59. The van der Waals surface area contributed by atoms with Gasteiger partial charge in [0.1, 0.15) is 5.75 Å². The van der Waals surface area contributed by atoms with Crippen LogP contribution in [0.5, 0.6) is 17.2 Å². The van der Waals surface area contributed by atoms with E-state index in [0.29, 0.717) is 5.92 Å². The molecule has 6 heteroatoms. The summed E-state index contributed by atoms with van der Waals surface area (Å²) in [6.45, 7) is 5.60. The number of hydrogen-bond donors (Lipinski definition) is 1. The van der Waals surface area contributed by atoms with Crippen molar-refractivity contribution in [1.29, 1.82) is 0 Å². The van der Waals surface area contributed by atoms with E-state index in [1.165, 1.54) is 12.8 Å². The van der Waals surface area contributed by atoms with Crippen molar-refractivity contribution < 1.29 is 19.0 Å². The maximum atomic E-state index is 11.0. The molecule has 2 aliphatic rings. The van der Waals surface area contributed by atoms with Gasteiger partial charge in [-0.25, -0.2) is 0 Å². The zero-order valence-electron chi connectivity index (χ0n) is 14.5. The van der Waals surface area contributed by atoms with Crippen LogP contribution in [0.1, 0.15) is 31.7 Å². The SMILES string of the molecule is COc1cc2c(cc1CN1CCCC(CCNC(C)=O)C1)OCO2. The molecular formula is C18H26N2O4. The largest absolute Gasteiger partial charge is 0.496 e. The summed E-state index contributed by atoms with van der Waals surface area (Å²) in [6.07, 6.45) is 3.46. The van der Waals surface area contributed by atoms with Crippen LogP contribution in [0.25, 0.3) is 0 Å². The number of nitrogens with zero attached hydrogens (tertiary/aromatic N) is 1. The molecule has 1 fully saturated rings. The molecule has 1 N–H and O–H groups in total. The molecule has 1 unspecified atom stereocenters. The van der Waals surface area contributed by atoms with Crippen molar-refractivity contribution >= 4 is 5.91 Å². The highest BCUT2D eigenvalue weighted by atomic mass is 16.7. The van der Waals surface area contributed by atoms with Crippen molar-refractivity contribution in [1.82, 2.24) is 10.2 Å². The van der Waals surface area contributed by atoms with E-state index in [-0.39, 0.29) is 12.7 Å². The second-order valence-corrected chi connectivity index (χ2v) is 6.53. The maximum Gasteiger partial charge on any atom is 0.231 e. The summed E-state index contributed by atoms with van der Waals surface area (Å²) in [5.74, 6) is 3.07. The summed E-state index contributed by atoms with van der Waals surface area (Å²) in [6, 6.07) is 3.94. The van der Waals surface area contributed by atoms with Gasteiger partial charge in [-0.3, -0.25) is 9.69 Å². The second kappa shape index (κ2) is 7.75. The van der Waals surface area contributed by atoms with Crippen molar-refractivity contribution in [3.8, 4) is 17.2 Å². The highest BCUT2D eigenvalue weighted by molar-refractivity contribution is 5.72. The molecule has 0 aliphatic carbocycles. The molecular weight excluding hydrogens is 308 g/mol. The highest BCUT2D eigenvalue weighted by Gasteiger charge is 2.23. The minimum atomic E-state index is 0.0489. The van der Waals surface area contributed by atoms with Crippen LogP contribution in [0.2, 0.25) is 0 Å². The summed E-state index contributed by atoms with van der Waals surface area (Å²) >= 11 is 0. The average molecular weight is 334 g/mol. The number of ether oxygens (including phenoxy) is 3. The first-order chi connectivity index (χ1) is 11.7. The first kappa shape index (κ1) is 16.9. The van der Waals surface area contributed by atoms with Gasteiger partial charge in [0, 0.05) is 38.2 Å². The zero-order valence-corrected chi connectivity index (χ0v) is 14.5. The number of methoxy groups -OCH3 is 1.